The van der Waals surface area contributed by atoms with Crippen LogP contribution in [0.25, 0.3) is 22.4 Å². The lowest BCUT2D eigenvalue weighted by atomic mass is 10.2. The van der Waals surface area contributed by atoms with Crippen molar-refractivity contribution in [3.05, 3.63) is 18.2 Å². The maximum absolute atomic E-state index is 5.54. The van der Waals surface area contributed by atoms with Crippen LogP contribution >= 0.6 is 0 Å². The molecule has 0 amide bonds. The topological polar surface area (TPSA) is 109 Å². The minimum atomic E-state index is 0.398. The van der Waals surface area contributed by atoms with Crippen LogP contribution < -0.4 is 5.73 Å². The Bertz CT molecular complexity index is 595. The number of nitrogens with one attached hydrogen (secondary N) is 2. The Balaban J connectivity index is 2.21. The Labute approximate surface area is 83.7 Å². The van der Waals surface area contributed by atoms with Gasteiger partial charge in [0.05, 0.1) is 11.0 Å². The van der Waals surface area contributed by atoms with E-state index in [1.807, 2.05) is 18.2 Å². The zero-order chi connectivity index (χ0) is 10.3. The highest BCUT2D eigenvalue weighted by Crippen LogP contribution is 2.19. The lowest BCUT2D eigenvalue weighted by Crippen LogP contribution is -1.84. The fourth-order valence-corrected chi connectivity index (χ4v) is 1.45. The molecule has 0 aliphatic heterocycles. The highest BCUT2D eigenvalue weighted by atomic mass is 15.5. The number of benzene rings is 1. The third-order valence-electron chi connectivity index (χ3n) is 2.10. The van der Waals surface area contributed by atoms with Crippen LogP contribution in [0.4, 0.5) is 5.95 Å². The Morgan fingerprint density at radius 3 is 3.00 bits per heavy atom. The van der Waals surface area contributed by atoms with Gasteiger partial charge in [0.2, 0.25) is 5.82 Å². The predicted octanol–water partition coefficient (Wildman–Crippen LogP) is 0.325. The van der Waals surface area contributed by atoms with Crippen molar-refractivity contribution in [1.82, 2.24) is 30.6 Å². The van der Waals surface area contributed by atoms with Crippen LogP contribution in [-0.4, -0.2) is 30.6 Å². The molecular formula is C8H7N7. The number of H-pyrrole nitrogens is 2. The molecule has 3 rings (SSSR count). The summed E-state index contributed by atoms with van der Waals surface area (Å²) in [5.74, 6) is 0.945. The lowest BCUT2D eigenvalue weighted by Gasteiger charge is -1.93. The number of hydrogen-bond donors (Lipinski definition) is 3. The van der Waals surface area contributed by atoms with Crippen molar-refractivity contribution in [2.24, 2.45) is 0 Å². The summed E-state index contributed by atoms with van der Waals surface area (Å²) < 4.78 is 0. The summed E-state index contributed by atoms with van der Waals surface area (Å²) in [6.45, 7) is 0. The third-order valence-corrected chi connectivity index (χ3v) is 2.10. The van der Waals surface area contributed by atoms with Crippen LogP contribution in [0.1, 0.15) is 0 Å². The van der Waals surface area contributed by atoms with Crippen molar-refractivity contribution in [2.45, 2.75) is 0 Å². The predicted molar refractivity (Wildman–Crippen MR) is 53.7 cm³/mol. The van der Waals surface area contributed by atoms with Gasteiger partial charge in [-0.3, -0.25) is 0 Å². The van der Waals surface area contributed by atoms with Crippen LogP contribution in [0.2, 0.25) is 0 Å². The van der Waals surface area contributed by atoms with Gasteiger partial charge in [0.1, 0.15) is 0 Å². The van der Waals surface area contributed by atoms with Crippen molar-refractivity contribution in [2.75, 3.05) is 5.73 Å². The number of imidazole rings is 1. The third kappa shape index (κ3) is 1.21. The Kier molecular flexibility index (Phi) is 1.46. The number of aromatic nitrogens is 6. The Morgan fingerprint density at radius 1 is 1.27 bits per heavy atom. The van der Waals surface area contributed by atoms with Crippen LogP contribution in [0, 0.1) is 0 Å². The van der Waals surface area contributed by atoms with Gasteiger partial charge >= 0.3 is 0 Å². The molecule has 0 spiro atoms. The van der Waals surface area contributed by atoms with Crippen molar-refractivity contribution in [3.63, 3.8) is 0 Å². The largest absolute Gasteiger partial charge is 0.369 e. The fourth-order valence-electron chi connectivity index (χ4n) is 1.45. The van der Waals surface area contributed by atoms with Crippen LogP contribution in [0.15, 0.2) is 18.2 Å². The molecule has 0 aliphatic rings. The second-order valence-electron chi connectivity index (χ2n) is 3.09. The monoisotopic (exact) mass is 201 g/mol. The summed E-state index contributed by atoms with van der Waals surface area (Å²) in [7, 11) is 0. The molecule has 0 fully saturated rings. The SMILES string of the molecule is Nc1nc2ccc(-c3nn[nH]n3)cc2[nH]1. The van der Waals surface area contributed by atoms with Crippen LogP contribution in [0.3, 0.4) is 0 Å². The van der Waals surface area contributed by atoms with E-state index in [4.69, 9.17) is 5.73 Å². The van der Waals surface area contributed by atoms with Gasteiger partial charge in [-0.1, -0.05) is 0 Å². The lowest BCUT2D eigenvalue weighted by molar-refractivity contribution is 0.881. The highest BCUT2D eigenvalue weighted by Gasteiger charge is 2.05. The first-order valence-electron chi connectivity index (χ1n) is 4.32. The summed E-state index contributed by atoms with van der Waals surface area (Å²) in [4.78, 5) is 7.03. The van der Waals surface area contributed by atoms with E-state index < -0.39 is 0 Å². The van der Waals surface area contributed by atoms with Gasteiger partial charge in [0, 0.05) is 5.56 Å². The molecule has 0 saturated carbocycles. The minimum absolute atomic E-state index is 0.398. The molecule has 3 aromatic rings. The maximum atomic E-state index is 5.54. The number of tetrazole rings is 1. The molecular weight excluding hydrogens is 194 g/mol. The second-order valence-corrected chi connectivity index (χ2v) is 3.09. The number of anilines is 1. The van der Waals surface area contributed by atoms with E-state index in [1.54, 1.807) is 0 Å². The van der Waals surface area contributed by atoms with E-state index in [0.29, 0.717) is 11.8 Å². The molecule has 7 nitrogen and oxygen atoms in total. The van der Waals surface area contributed by atoms with Crippen molar-refractivity contribution < 1.29 is 0 Å². The van der Waals surface area contributed by atoms with E-state index in [-0.39, 0.29) is 0 Å². The number of rotatable bonds is 1. The Hall–Kier alpha value is -2.44. The zero-order valence-corrected chi connectivity index (χ0v) is 7.60. The van der Waals surface area contributed by atoms with Crippen LogP contribution in [-0.2, 0) is 0 Å². The molecule has 74 valence electrons. The van der Waals surface area contributed by atoms with Crippen molar-refractivity contribution >= 4 is 17.0 Å². The van der Waals surface area contributed by atoms with Gasteiger partial charge in [0.25, 0.3) is 0 Å². The van der Waals surface area contributed by atoms with Gasteiger partial charge in [-0.2, -0.15) is 5.21 Å². The van der Waals surface area contributed by atoms with E-state index >= 15 is 0 Å². The van der Waals surface area contributed by atoms with Crippen molar-refractivity contribution in [1.29, 1.82) is 0 Å². The van der Waals surface area contributed by atoms with E-state index in [1.165, 1.54) is 0 Å². The molecule has 0 unspecified atom stereocenters. The van der Waals surface area contributed by atoms with E-state index in [9.17, 15) is 0 Å². The number of nitrogens with two attached hydrogens (primary N) is 1. The number of nitrogens with zero attached hydrogens (tertiary/aromatic N) is 4. The minimum Gasteiger partial charge on any atom is -0.369 e. The number of aromatic amines is 2. The summed E-state index contributed by atoms with van der Waals surface area (Å²) >= 11 is 0. The van der Waals surface area contributed by atoms with Gasteiger partial charge in [-0.05, 0) is 23.4 Å². The molecule has 4 N–H and O–H groups in total. The van der Waals surface area contributed by atoms with Gasteiger partial charge in [0.15, 0.2) is 5.95 Å². The average Bonchev–Trinajstić information content (AvgIpc) is 2.82. The molecule has 0 saturated heterocycles. The van der Waals surface area contributed by atoms with E-state index in [2.05, 4.69) is 30.6 Å². The summed E-state index contributed by atoms with van der Waals surface area (Å²) in [6, 6.07) is 5.60. The highest BCUT2D eigenvalue weighted by molar-refractivity contribution is 5.81. The Morgan fingerprint density at radius 2 is 2.20 bits per heavy atom. The molecule has 0 atom stereocenters. The normalized spacial score (nSPS) is 10.9. The summed E-state index contributed by atoms with van der Waals surface area (Å²) in [5.41, 5.74) is 8.08. The zero-order valence-electron chi connectivity index (χ0n) is 7.60. The van der Waals surface area contributed by atoms with E-state index in [0.717, 1.165) is 16.6 Å². The standard InChI is InChI=1S/C8H7N7/c9-8-10-5-2-1-4(3-6(5)11-8)7-12-14-15-13-7/h1-3H,(H3,9,10,11)(H,12,13,14,15). The quantitative estimate of drug-likeness (QED) is 0.525. The number of hydrogen-bond acceptors (Lipinski definition) is 5. The first-order chi connectivity index (χ1) is 7.33. The molecule has 2 aromatic heterocycles. The van der Waals surface area contributed by atoms with Gasteiger partial charge in [-0.25, -0.2) is 4.98 Å². The molecule has 1 aromatic carbocycles. The molecule has 0 aliphatic carbocycles. The second kappa shape index (κ2) is 2.77. The smallest absolute Gasteiger partial charge is 0.204 e. The van der Waals surface area contributed by atoms with Gasteiger partial charge in [-0.15, -0.1) is 10.2 Å². The number of nitrogen functional groups attached to an aromatic ring is 1. The first kappa shape index (κ1) is 7.92. The van der Waals surface area contributed by atoms with Crippen LogP contribution in [0.5, 0.6) is 0 Å². The molecule has 7 heteroatoms. The summed E-state index contributed by atoms with van der Waals surface area (Å²) in [5, 5.41) is 13.7. The number of fused-ring (bicyclic) bond motifs is 1. The molecule has 15 heavy (non-hydrogen) atoms. The molecule has 0 bridgehead atoms. The molecule has 2 heterocycles. The molecule has 0 radical (unpaired) electrons. The summed E-state index contributed by atoms with van der Waals surface area (Å²) in [6.07, 6.45) is 0. The average molecular weight is 201 g/mol. The first-order valence-corrected chi connectivity index (χ1v) is 4.32. The van der Waals surface area contributed by atoms with Gasteiger partial charge < -0.3 is 10.7 Å². The fraction of sp³-hybridized carbons (Fsp3) is 0. The maximum Gasteiger partial charge on any atom is 0.204 e. The van der Waals surface area contributed by atoms with Crippen molar-refractivity contribution in [3.8, 4) is 11.4 Å².